The molecule has 1 aliphatic rings. The zero-order valence-electron chi connectivity index (χ0n) is 18.8. The Morgan fingerprint density at radius 3 is 2.41 bits per heavy atom. The minimum absolute atomic E-state index is 0.0247. The van der Waals surface area contributed by atoms with Crippen LogP contribution in [-0.2, 0) is 6.54 Å². The number of piperidine rings is 1. The van der Waals surface area contributed by atoms with E-state index in [4.69, 9.17) is 0 Å². The molecule has 4 aromatic rings. The lowest BCUT2D eigenvalue weighted by Gasteiger charge is -2.37. The summed E-state index contributed by atoms with van der Waals surface area (Å²) in [5.41, 5.74) is 4.03. The Labute approximate surface area is 196 Å². The van der Waals surface area contributed by atoms with E-state index in [2.05, 4.69) is 27.4 Å². The first-order chi connectivity index (χ1) is 16.5. The lowest BCUT2D eigenvalue weighted by molar-refractivity contribution is 0.0567. The van der Waals surface area contributed by atoms with E-state index in [1.54, 1.807) is 17.0 Å². The lowest BCUT2D eigenvalue weighted by Crippen LogP contribution is -2.46. The van der Waals surface area contributed by atoms with Crippen molar-refractivity contribution in [2.75, 3.05) is 20.1 Å². The standard InChI is InChI=1S/C26H25F2N5O/c1-32-12-10-22(11-13-32)33(26(34)17-2-6-21(27)7-3-17)16-20-14-18(4-8-23(20)28)19-5-9-24-25(15-19)30-31-29-24/h2-9,14-15,22H,10-13,16H2,1H3,(H,29,30,31). The third-order valence-electron chi connectivity index (χ3n) is 6.52. The maximum Gasteiger partial charge on any atom is 0.254 e. The van der Waals surface area contributed by atoms with Gasteiger partial charge in [0.1, 0.15) is 22.7 Å². The molecule has 1 N–H and O–H groups in total. The zero-order chi connectivity index (χ0) is 23.7. The number of hydrogen-bond acceptors (Lipinski definition) is 4. The number of likely N-dealkylation sites (tertiary alicyclic amines) is 1. The summed E-state index contributed by atoms with van der Waals surface area (Å²) in [6.45, 7) is 1.85. The van der Waals surface area contributed by atoms with Crippen LogP contribution in [0.4, 0.5) is 8.78 Å². The molecule has 1 saturated heterocycles. The van der Waals surface area contributed by atoms with Crippen LogP contribution in [0, 0.1) is 11.6 Å². The minimum atomic E-state index is -0.398. The summed E-state index contributed by atoms with van der Waals surface area (Å²) in [6.07, 6.45) is 1.60. The van der Waals surface area contributed by atoms with Gasteiger partial charge in [-0.15, -0.1) is 0 Å². The molecule has 34 heavy (non-hydrogen) atoms. The molecule has 1 aromatic heterocycles. The monoisotopic (exact) mass is 461 g/mol. The Bertz CT molecular complexity index is 1310. The summed E-state index contributed by atoms with van der Waals surface area (Å²) >= 11 is 0. The van der Waals surface area contributed by atoms with E-state index in [1.165, 1.54) is 30.3 Å². The fourth-order valence-corrected chi connectivity index (χ4v) is 4.51. The SMILES string of the molecule is CN1CCC(N(Cc2cc(-c3ccc4n[nH]nc4c3)ccc2F)C(=O)c2ccc(F)cc2)CC1. The molecular formula is C26H25F2N5O. The zero-order valence-corrected chi connectivity index (χ0v) is 18.8. The van der Waals surface area contributed by atoms with Crippen LogP contribution in [0.3, 0.4) is 0 Å². The van der Waals surface area contributed by atoms with Gasteiger partial charge in [-0.05, 0) is 92.6 Å². The number of aromatic nitrogens is 3. The van der Waals surface area contributed by atoms with Gasteiger partial charge in [0.05, 0.1) is 0 Å². The first kappa shape index (κ1) is 22.2. The van der Waals surface area contributed by atoms with Crippen molar-refractivity contribution in [1.82, 2.24) is 25.2 Å². The molecule has 0 spiro atoms. The number of carbonyl (C=O) groups excluding carboxylic acids is 1. The molecule has 0 unspecified atom stereocenters. The quantitative estimate of drug-likeness (QED) is 0.470. The third kappa shape index (κ3) is 4.54. The number of amides is 1. The molecule has 1 fully saturated rings. The molecule has 5 rings (SSSR count). The molecule has 0 saturated carbocycles. The summed E-state index contributed by atoms with van der Waals surface area (Å²) in [4.78, 5) is 17.4. The molecule has 3 aromatic carbocycles. The number of fused-ring (bicyclic) bond motifs is 1. The van der Waals surface area contributed by atoms with Gasteiger partial charge in [0.15, 0.2) is 0 Å². The molecule has 0 atom stereocenters. The Morgan fingerprint density at radius 1 is 0.971 bits per heavy atom. The van der Waals surface area contributed by atoms with Crippen molar-refractivity contribution >= 4 is 16.9 Å². The number of nitrogens with one attached hydrogen (secondary N) is 1. The molecule has 0 bridgehead atoms. The van der Waals surface area contributed by atoms with Crippen LogP contribution in [0.5, 0.6) is 0 Å². The molecule has 8 heteroatoms. The summed E-state index contributed by atoms with van der Waals surface area (Å²) in [7, 11) is 2.05. The number of nitrogens with zero attached hydrogens (tertiary/aromatic N) is 4. The Morgan fingerprint density at radius 2 is 1.65 bits per heavy atom. The summed E-state index contributed by atoms with van der Waals surface area (Å²) in [6, 6.07) is 16.1. The topological polar surface area (TPSA) is 65.1 Å². The first-order valence-corrected chi connectivity index (χ1v) is 11.3. The van der Waals surface area contributed by atoms with Crippen molar-refractivity contribution in [3.8, 4) is 11.1 Å². The van der Waals surface area contributed by atoms with E-state index in [-0.39, 0.29) is 24.3 Å². The van der Waals surface area contributed by atoms with Crippen LogP contribution in [0.1, 0.15) is 28.8 Å². The highest BCUT2D eigenvalue weighted by atomic mass is 19.1. The van der Waals surface area contributed by atoms with Crippen LogP contribution in [0.15, 0.2) is 60.7 Å². The van der Waals surface area contributed by atoms with Gasteiger partial charge in [-0.3, -0.25) is 4.79 Å². The number of rotatable bonds is 5. The normalized spacial score (nSPS) is 15.0. The molecule has 2 heterocycles. The number of carbonyl (C=O) groups is 1. The van der Waals surface area contributed by atoms with E-state index in [0.717, 1.165) is 48.1 Å². The average Bonchev–Trinajstić information content (AvgIpc) is 3.32. The fraction of sp³-hybridized carbons (Fsp3) is 0.269. The van der Waals surface area contributed by atoms with Crippen molar-refractivity contribution in [3.05, 3.63) is 83.4 Å². The highest BCUT2D eigenvalue weighted by Gasteiger charge is 2.28. The second-order valence-corrected chi connectivity index (χ2v) is 8.81. The van der Waals surface area contributed by atoms with Gasteiger partial charge in [-0.25, -0.2) is 8.78 Å². The van der Waals surface area contributed by atoms with Gasteiger partial charge >= 0.3 is 0 Å². The Kier molecular flexibility index (Phi) is 6.06. The van der Waals surface area contributed by atoms with Gasteiger partial charge < -0.3 is 9.80 Å². The number of benzene rings is 3. The maximum absolute atomic E-state index is 15.0. The Hall–Kier alpha value is -3.65. The molecule has 174 valence electrons. The average molecular weight is 462 g/mol. The van der Waals surface area contributed by atoms with Crippen LogP contribution in [0.25, 0.3) is 22.2 Å². The number of halogens is 2. The summed E-state index contributed by atoms with van der Waals surface area (Å²) < 4.78 is 28.4. The molecule has 0 radical (unpaired) electrons. The van der Waals surface area contributed by atoms with Gasteiger partial charge in [-0.1, -0.05) is 12.1 Å². The largest absolute Gasteiger partial charge is 0.331 e. The van der Waals surface area contributed by atoms with Crippen LogP contribution >= 0.6 is 0 Å². The summed E-state index contributed by atoms with van der Waals surface area (Å²) in [5.74, 6) is -0.982. The predicted molar refractivity (Wildman–Crippen MR) is 126 cm³/mol. The third-order valence-corrected chi connectivity index (χ3v) is 6.52. The lowest BCUT2D eigenvalue weighted by atomic mass is 9.99. The Balaban J connectivity index is 1.47. The van der Waals surface area contributed by atoms with Crippen LogP contribution in [-0.4, -0.2) is 57.3 Å². The fourth-order valence-electron chi connectivity index (χ4n) is 4.51. The van der Waals surface area contributed by atoms with Crippen molar-refractivity contribution in [1.29, 1.82) is 0 Å². The molecule has 1 aliphatic heterocycles. The van der Waals surface area contributed by atoms with Crippen molar-refractivity contribution in [3.63, 3.8) is 0 Å². The van der Waals surface area contributed by atoms with Crippen molar-refractivity contribution in [2.24, 2.45) is 0 Å². The minimum Gasteiger partial charge on any atom is -0.331 e. The number of aromatic amines is 1. The number of H-pyrrole nitrogens is 1. The van der Waals surface area contributed by atoms with Gasteiger partial charge in [0.2, 0.25) is 0 Å². The van der Waals surface area contributed by atoms with E-state index in [9.17, 15) is 13.6 Å². The van der Waals surface area contributed by atoms with Gasteiger partial charge in [0, 0.05) is 23.7 Å². The van der Waals surface area contributed by atoms with Crippen molar-refractivity contribution in [2.45, 2.75) is 25.4 Å². The van der Waals surface area contributed by atoms with Gasteiger partial charge in [-0.2, -0.15) is 15.4 Å². The van der Waals surface area contributed by atoms with Crippen LogP contribution in [0.2, 0.25) is 0 Å². The second kappa shape index (κ2) is 9.30. The smallest absolute Gasteiger partial charge is 0.254 e. The van der Waals surface area contributed by atoms with E-state index >= 15 is 0 Å². The number of hydrogen-bond donors (Lipinski definition) is 1. The van der Waals surface area contributed by atoms with E-state index in [1.807, 2.05) is 18.2 Å². The highest BCUT2D eigenvalue weighted by molar-refractivity contribution is 5.94. The molecule has 6 nitrogen and oxygen atoms in total. The van der Waals surface area contributed by atoms with E-state index < -0.39 is 5.82 Å². The molecule has 0 aliphatic carbocycles. The second-order valence-electron chi connectivity index (χ2n) is 8.81. The molecular weight excluding hydrogens is 436 g/mol. The first-order valence-electron chi connectivity index (χ1n) is 11.3. The van der Waals surface area contributed by atoms with E-state index in [0.29, 0.717) is 11.1 Å². The van der Waals surface area contributed by atoms with Crippen molar-refractivity contribution < 1.29 is 13.6 Å². The summed E-state index contributed by atoms with van der Waals surface area (Å²) in [5, 5.41) is 10.8. The predicted octanol–water partition coefficient (Wildman–Crippen LogP) is 4.64. The van der Waals surface area contributed by atoms with Crippen LogP contribution < -0.4 is 0 Å². The van der Waals surface area contributed by atoms with Gasteiger partial charge in [0.25, 0.3) is 5.91 Å². The highest BCUT2D eigenvalue weighted by Crippen LogP contribution is 2.27. The molecule has 1 amide bonds. The maximum atomic E-state index is 15.0.